The zero-order valence-corrected chi connectivity index (χ0v) is 21.1. The van der Waals surface area contributed by atoms with Crippen LogP contribution in [-0.4, -0.2) is 26.9 Å². The number of nitrogens with zero attached hydrogens (tertiary/aromatic N) is 2. The minimum atomic E-state index is -0.751. The van der Waals surface area contributed by atoms with Gasteiger partial charge in [-0.15, -0.1) is 0 Å². The lowest BCUT2D eigenvalue weighted by molar-refractivity contribution is -0.140. The Labute approximate surface area is 215 Å². The average molecular weight is 496 g/mol. The molecule has 1 heterocycles. The maximum atomic E-state index is 12.7. The van der Waals surface area contributed by atoms with Crippen molar-refractivity contribution in [2.45, 2.75) is 38.2 Å². The molecule has 0 aliphatic heterocycles. The predicted molar refractivity (Wildman–Crippen MR) is 142 cm³/mol. The van der Waals surface area contributed by atoms with Crippen molar-refractivity contribution < 1.29 is 19.4 Å². The standard InChI is InChI=1S/C30H29N3O4/c1-19-5-4-6-24(17-19)20(2)37-29(36)32-27-26(18-31-33(27)3)23-9-7-21(8-10-23)22-11-13-25(14-12-22)30(15-16-30)28(34)35/h4-14,17-18,20H,15-16H2,1-3H3,(H,32,36)(H,34,35). The number of nitrogens with one attached hydrogen (secondary N) is 1. The van der Waals surface area contributed by atoms with Crippen LogP contribution in [0.4, 0.5) is 10.6 Å². The van der Waals surface area contributed by atoms with E-state index in [0.717, 1.165) is 38.9 Å². The van der Waals surface area contributed by atoms with E-state index in [-0.39, 0.29) is 0 Å². The van der Waals surface area contributed by atoms with Crippen LogP contribution in [0.5, 0.6) is 0 Å². The number of benzene rings is 3. The number of rotatable bonds is 7. The molecule has 0 bridgehead atoms. The highest BCUT2D eigenvalue weighted by Crippen LogP contribution is 2.48. The van der Waals surface area contributed by atoms with Gasteiger partial charge in [-0.1, -0.05) is 78.4 Å². The number of ether oxygens (including phenoxy) is 1. The summed E-state index contributed by atoms with van der Waals surface area (Å²) in [7, 11) is 1.77. The number of amides is 1. The fourth-order valence-electron chi connectivity index (χ4n) is 4.65. The Morgan fingerprint density at radius 3 is 2.22 bits per heavy atom. The van der Waals surface area contributed by atoms with Crippen LogP contribution >= 0.6 is 0 Å². The number of aliphatic carboxylic acids is 1. The van der Waals surface area contributed by atoms with Crippen molar-refractivity contribution in [2.24, 2.45) is 7.05 Å². The lowest BCUT2D eigenvalue weighted by Crippen LogP contribution is -2.19. The van der Waals surface area contributed by atoms with Gasteiger partial charge < -0.3 is 9.84 Å². The summed E-state index contributed by atoms with van der Waals surface area (Å²) >= 11 is 0. The second-order valence-corrected chi connectivity index (χ2v) is 9.66. The van der Waals surface area contributed by atoms with Crippen molar-refractivity contribution in [1.29, 1.82) is 0 Å². The second kappa shape index (κ2) is 9.58. The van der Waals surface area contributed by atoms with Gasteiger partial charge in [-0.2, -0.15) is 5.10 Å². The quantitative estimate of drug-likeness (QED) is 0.306. The van der Waals surface area contributed by atoms with Crippen molar-refractivity contribution in [1.82, 2.24) is 9.78 Å². The molecule has 3 aromatic carbocycles. The summed E-state index contributed by atoms with van der Waals surface area (Å²) in [6.45, 7) is 3.84. The monoisotopic (exact) mass is 495 g/mol. The molecule has 1 unspecified atom stereocenters. The van der Waals surface area contributed by atoms with Crippen LogP contribution in [0.25, 0.3) is 22.3 Å². The number of carboxylic acids is 1. The van der Waals surface area contributed by atoms with Crippen LogP contribution in [0.15, 0.2) is 79.0 Å². The van der Waals surface area contributed by atoms with E-state index in [0.29, 0.717) is 18.7 Å². The van der Waals surface area contributed by atoms with Gasteiger partial charge in [0.1, 0.15) is 11.9 Å². The first-order valence-corrected chi connectivity index (χ1v) is 12.3. The molecule has 0 spiro atoms. The van der Waals surface area contributed by atoms with Crippen molar-refractivity contribution in [3.05, 3.63) is 95.7 Å². The number of carbonyl (C=O) groups is 2. The lowest BCUT2D eigenvalue weighted by atomic mass is 9.93. The highest BCUT2D eigenvalue weighted by Gasteiger charge is 2.51. The van der Waals surface area contributed by atoms with Gasteiger partial charge in [-0.05, 0) is 54.5 Å². The molecule has 0 saturated heterocycles. The first-order chi connectivity index (χ1) is 17.8. The number of hydrogen-bond acceptors (Lipinski definition) is 4. The van der Waals surface area contributed by atoms with Crippen LogP contribution in [0.2, 0.25) is 0 Å². The van der Waals surface area contributed by atoms with Crippen molar-refractivity contribution in [2.75, 3.05) is 5.32 Å². The molecule has 1 fully saturated rings. The first kappa shape index (κ1) is 24.3. The Balaban J connectivity index is 1.30. The summed E-state index contributed by atoms with van der Waals surface area (Å²) in [5.74, 6) is -0.207. The Morgan fingerprint density at radius 2 is 1.62 bits per heavy atom. The van der Waals surface area contributed by atoms with Gasteiger partial charge in [-0.25, -0.2) is 4.79 Å². The van der Waals surface area contributed by atoms with Crippen molar-refractivity contribution in [3.63, 3.8) is 0 Å². The van der Waals surface area contributed by atoms with E-state index in [1.54, 1.807) is 17.9 Å². The molecule has 5 rings (SSSR count). The predicted octanol–water partition coefficient (Wildman–Crippen LogP) is 6.49. The third-order valence-electron chi connectivity index (χ3n) is 7.08. The maximum Gasteiger partial charge on any atom is 0.413 e. The molecule has 2 N–H and O–H groups in total. The smallest absolute Gasteiger partial charge is 0.413 e. The Kier molecular flexibility index (Phi) is 6.29. The van der Waals surface area contributed by atoms with E-state index >= 15 is 0 Å². The molecule has 0 radical (unpaired) electrons. The maximum absolute atomic E-state index is 12.7. The molecule has 1 aliphatic rings. The molecule has 188 valence electrons. The highest BCUT2D eigenvalue weighted by molar-refractivity contribution is 5.90. The fraction of sp³-hybridized carbons (Fsp3) is 0.233. The Morgan fingerprint density at radius 1 is 1.00 bits per heavy atom. The lowest BCUT2D eigenvalue weighted by Gasteiger charge is -2.15. The molecule has 1 saturated carbocycles. The summed E-state index contributed by atoms with van der Waals surface area (Å²) < 4.78 is 7.22. The molecule has 1 aromatic heterocycles. The molecule has 7 nitrogen and oxygen atoms in total. The van der Waals surface area contributed by atoms with Gasteiger partial charge in [0, 0.05) is 12.6 Å². The summed E-state index contributed by atoms with van der Waals surface area (Å²) in [5, 5.41) is 16.7. The number of carbonyl (C=O) groups excluding carboxylic acids is 1. The van der Waals surface area contributed by atoms with Gasteiger partial charge in [0.2, 0.25) is 0 Å². The van der Waals surface area contributed by atoms with Crippen LogP contribution in [0, 0.1) is 6.92 Å². The van der Waals surface area contributed by atoms with Crippen LogP contribution < -0.4 is 5.32 Å². The van der Waals surface area contributed by atoms with E-state index in [1.165, 1.54) is 0 Å². The summed E-state index contributed by atoms with van der Waals surface area (Å²) in [5.41, 5.74) is 5.89. The van der Waals surface area contributed by atoms with E-state index in [9.17, 15) is 14.7 Å². The summed E-state index contributed by atoms with van der Waals surface area (Å²) in [6, 6.07) is 23.6. The largest absolute Gasteiger partial charge is 0.481 e. The number of aromatic nitrogens is 2. The van der Waals surface area contributed by atoms with E-state index in [4.69, 9.17) is 4.74 Å². The minimum Gasteiger partial charge on any atom is -0.481 e. The molecular weight excluding hydrogens is 466 g/mol. The zero-order valence-electron chi connectivity index (χ0n) is 21.1. The SMILES string of the molecule is Cc1cccc(C(C)OC(=O)Nc2c(-c3ccc(-c4ccc(C5(C(=O)O)CC5)cc4)cc3)cnn2C)c1. The second-order valence-electron chi connectivity index (χ2n) is 9.66. The van der Waals surface area contributed by atoms with E-state index < -0.39 is 23.6 Å². The average Bonchev–Trinajstić information content (AvgIpc) is 3.64. The van der Waals surface area contributed by atoms with Gasteiger partial charge in [0.25, 0.3) is 0 Å². The molecule has 37 heavy (non-hydrogen) atoms. The number of aryl methyl sites for hydroxylation is 2. The van der Waals surface area contributed by atoms with Gasteiger partial charge in [0.05, 0.1) is 11.6 Å². The topological polar surface area (TPSA) is 93.4 Å². The Hall–Kier alpha value is -4.39. The number of hydrogen-bond donors (Lipinski definition) is 2. The molecule has 1 aliphatic carbocycles. The normalized spacial score (nSPS) is 14.6. The molecule has 1 amide bonds. The summed E-state index contributed by atoms with van der Waals surface area (Å²) in [4.78, 5) is 24.3. The van der Waals surface area contributed by atoms with Gasteiger partial charge >= 0.3 is 12.1 Å². The molecule has 1 atom stereocenters. The zero-order chi connectivity index (χ0) is 26.2. The third kappa shape index (κ3) is 4.85. The number of anilines is 1. The van der Waals surface area contributed by atoms with Gasteiger partial charge in [-0.3, -0.25) is 14.8 Å². The van der Waals surface area contributed by atoms with Crippen LogP contribution in [0.3, 0.4) is 0 Å². The first-order valence-electron chi connectivity index (χ1n) is 12.3. The van der Waals surface area contributed by atoms with Crippen molar-refractivity contribution >= 4 is 17.9 Å². The highest BCUT2D eigenvalue weighted by atomic mass is 16.6. The van der Waals surface area contributed by atoms with E-state index in [2.05, 4.69) is 10.4 Å². The Bertz CT molecular complexity index is 1450. The molecule has 7 heteroatoms. The summed E-state index contributed by atoms with van der Waals surface area (Å²) in [6.07, 6.45) is 2.15. The van der Waals surface area contributed by atoms with Gasteiger partial charge in [0.15, 0.2) is 0 Å². The fourth-order valence-corrected chi connectivity index (χ4v) is 4.65. The van der Waals surface area contributed by atoms with E-state index in [1.807, 2.05) is 86.6 Å². The third-order valence-corrected chi connectivity index (χ3v) is 7.08. The molecule has 4 aromatic rings. The molecular formula is C30H29N3O4. The van der Waals surface area contributed by atoms with Crippen LogP contribution in [-0.2, 0) is 22.0 Å². The van der Waals surface area contributed by atoms with Crippen molar-refractivity contribution in [3.8, 4) is 22.3 Å². The minimum absolute atomic E-state index is 0.396. The number of carboxylic acid groups (broad SMARTS) is 1. The van der Waals surface area contributed by atoms with Crippen LogP contribution in [0.1, 0.15) is 42.6 Å².